The molecule has 0 saturated carbocycles. The molecule has 4 heteroatoms. The molecule has 1 aliphatic heterocycles. The fraction of sp³-hybridized carbons (Fsp3) is 0.600. The van der Waals surface area contributed by atoms with Gasteiger partial charge in [0.1, 0.15) is 0 Å². The first-order valence-electron chi connectivity index (χ1n) is 7.16. The normalized spacial score (nSPS) is 20.1. The molecule has 0 spiro atoms. The lowest BCUT2D eigenvalue weighted by molar-refractivity contribution is 0.0679. The Bertz CT molecular complexity index is 459. The molecule has 1 aromatic rings. The van der Waals surface area contributed by atoms with Gasteiger partial charge in [-0.05, 0) is 32.3 Å². The van der Waals surface area contributed by atoms with E-state index in [1.54, 1.807) is 12.3 Å². The topological polar surface area (TPSA) is 59.2 Å². The molecule has 0 radical (unpaired) electrons. The first-order chi connectivity index (χ1) is 9.13. The molecule has 104 valence electrons. The van der Waals surface area contributed by atoms with E-state index in [-0.39, 0.29) is 5.91 Å². The fourth-order valence-electron chi connectivity index (χ4n) is 2.78. The van der Waals surface area contributed by atoms with Crippen LogP contribution in [0.1, 0.15) is 55.1 Å². The second kappa shape index (κ2) is 6.04. The average molecular weight is 261 g/mol. The van der Waals surface area contributed by atoms with E-state index in [4.69, 9.17) is 5.73 Å². The fourth-order valence-corrected chi connectivity index (χ4v) is 2.78. The Kier molecular flexibility index (Phi) is 4.40. The Balaban J connectivity index is 2.25. The molecule has 2 rings (SSSR count). The number of carbonyl (C=O) groups is 1. The largest absolute Gasteiger partial charge is 0.398 e. The van der Waals surface area contributed by atoms with Gasteiger partial charge in [0.2, 0.25) is 0 Å². The Hall–Kier alpha value is -1.58. The lowest BCUT2D eigenvalue weighted by Crippen LogP contribution is -2.40. The van der Waals surface area contributed by atoms with Crippen LogP contribution in [-0.2, 0) is 0 Å². The van der Waals surface area contributed by atoms with Crippen LogP contribution in [0.15, 0.2) is 12.3 Å². The van der Waals surface area contributed by atoms with Gasteiger partial charge in [-0.2, -0.15) is 0 Å². The van der Waals surface area contributed by atoms with E-state index in [1.807, 2.05) is 11.8 Å². The summed E-state index contributed by atoms with van der Waals surface area (Å²) in [5.74, 6) is 0.0405. The first kappa shape index (κ1) is 13.8. The van der Waals surface area contributed by atoms with Crippen molar-refractivity contribution in [1.29, 1.82) is 0 Å². The molecule has 1 aromatic heterocycles. The Labute approximate surface area is 115 Å². The maximum Gasteiger partial charge on any atom is 0.257 e. The summed E-state index contributed by atoms with van der Waals surface area (Å²) < 4.78 is 0. The number of carbonyl (C=O) groups excluding carboxylic acids is 1. The minimum Gasteiger partial charge on any atom is -0.398 e. The van der Waals surface area contributed by atoms with Crippen LogP contribution in [0.25, 0.3) is 0 Å². The molecule has 2 heterocycles. The van der Waals surface area contributed by atoms with Crippen molar-refractivity contribution in [2.45, 2.75) is 52.0 Å². The van der Waals surface area contributed by atoms with E-state index < -0.39 is 0 Å². The van der Waals surface area contributed by atoms with Gasteiger partial charge in [-0.25, -0.2) is 0 Å². The van der Waals surface area contributed by atoms with Crippen LogP contribution in [0.2, 0.25) is 0 Å². The molecule has 0 aliphatic carbocycles. The predicted octanol–water partition coefficient (Wildman–Crippen LogP) is 2.77. The number of likely N-dealkylation sites (tertiary alicyclic amines) is 1. The van der Waals surface area contributed by atoms with Gasteiger partial charge >= 0.3 is 0 Å². The highest BCUT2D eigenvalue weighted by Gasteiger charge is 2.26. The Morgan fingerprint density at radius 2 is 2.26 bits per heavy atom. The number of nitrogen functional groups attached to an aromatic ring is 1. The number of rotatable bonds is 2. The van der Waals surface area contributed by atoms with Gasteiger partial charge < -0.3 is 10.6 Å². The number of pyridine rings is 1. The van der Waals surface area contributed by atoms with Crippen LogP contribution in [0.4, 0.5) is 5.69 Å². The van der Waals surface area contributed by atoms with Crippen molar-refractivity contribution in [3.05, 3.63) is 23.5 Å². The summed E-state index contributed by atoms with van der Waals surface area (Å²) in [6, 6.07) is 2.11. The second-order valence-electron chi connectivity index (χ2n) is 5.32. The van der Waals surface area contributed by atoms with Gasteiger partial charge in [0.25, 0.3) is 5.91 Å². The molecule has 1 atom stereocenters. The molecular formula is C15H23N3O. The zero-order chi connectivity index (χ0) is 13.8. The highest BCUT2D eigenvalue weighted by Crippen LogP contribution is 2.23. The first-order valence-corrected chi connectivity index (χ1v) is 7.16. The average Bonchev–Trinajstić information content (AvgIpc) is 2.63. The van der Waals surface area contributed by atoms with Crippen LogP contribution in [0.5, 0.6) is 0 Å². The molecule has 1 aliphatic rings. The zero-order valence-electron chi connectivity index (χ0n) is 11.9. The maximum atomic E-state index is 12.7. The molecule has 1 fully saturated rings. The monoisotopic (exact) mass is 261 g/mol. The van der Waals surface area contributed by atoms with Crippen molar-refractivity contribution < 1.29 is 4.79 Å². The molecule has 1 amide bonds. The van der Waals surface area contributed by atoms with E-state index in [1.165, 1.54) is 12.8 Å². The number of anilines is 1. The van der Waals surface area contributed by atoms with Gasteiger partial charge in [-0.1, -0.05) is 19.8 Å². The number of aromatic nitrogens is 1. The SMILES string of the molecule is CCC1CCCCCN1C(=O)c1cnc(C)cc1N. The number of aryl methyl sites for hydroxylation is 1. The van der Waals surface area contributed by atoms with Crippen LogP contribution < -0.4 is 5.73 Å². The molecule has 2 N–H and O–H groups in total. The summed E-state index contributed by atoms with van der Waals surface area (Å²) in [5.41, 5.74) is 7.90. The molecule has 4 nitrogen and oxygen atoms in total. The minimum absolute atomic E-state index is 0.0405. The van der Waals surface area contributed by atoms with Crippen LogP contribution in [0, 0.1) is 6.92 Å². The summed E-state index contributed by atoms with van der Waals surface area (Å²) in [4.78, 5) is 18.9. The number of nitrogens with two attached hydrogens (primary N) is 1. The number of hydrogen-bond donors (Lipinski definition) is 1. The maximum absolute atomic E-state index is 12.7. The summed E-state index contributed by atoms with van der Waals surface area (Å²) >= 11 is 0. The lowest BCUT2D eigenvalue weighted by Gasteiger charge is -2.29. The third-order valence-electron chi connectivity index (χ3n) is 3.91. The van der Waals surface area contributed by atoms with E-state index in [0.717, 1.165) is 31.5 Å². The van der Waals surface area contributed by atoms with Gasteiger partial charge in [0.05, 0.1) is 5.56 Å². The van der Waals surface area contributed by atoms with Gasteiger partial charge in [0.15, 0.2) is 0 Å². The lowest BCUT2D eigenvalue weighted by atomic mass is 10.1. The van der Waals surface area contributed by atoms with Crippen molar-refractivity contribution >= 4 is 11.6 Å². The van der Waals surface area contributed by atoms with Gasteiger partial charge in [-0.15, -0.1) is 0 Å². The summed E-state index contributed by atoms with van der Waals surface area (Å²) in [5, 5.41) is 0. The van der Waals surface area contributed by atoms with Crippen molar-refractivity contribution in [3.63, 3.8) is 0 Å². The van der Waals surface area contributed by atoms with E-state index in [0.29, 0.717) is 17.3 Å². The highest BCUT2D eigenvalue weighted by atomic mass is 16.2. The third kappa shape index (κ3) is 3.06. The second-order valence-corrected chi connectivity index (χ2v) is 5.32. The number of amides is 1. The smallest absolute Gasteiger partial charge is 0.257 e. The highest BCUT2D eigenvalue weighted by molar-refractivity contribution is 5.99. The van der Waals surface area contributed by atoms with Crippen LogP contribution >= 0.6 is 0 Å². The molecular weight excluding hydrogens is 238 g/mol. The molecule has 19 heavy (non-hydrogen) atoms. The van der Waals surface area contributed by atoms with Crippen molar-refractivity contribution in [2.24, 2.45) is 0 Å². The molecule has 0 aromatic carbocycles. The van der Waals surface area contributed by atoms with Gasteiger partial charge in [-0.3, -0.25) is 9.78 Å². The number of hydrogen-bond acceptors (Lipinski definition) is 3. The Morgan fingerprint density at radius 1 is 1.47 bits per heavy atom. The predicted molar refractivity (Wildman–Crippen MR) is 77.0 cm³/mol. The molecule has 1 saturated heterocycles. The van der Waals surface area contributed by atoms with Crippen molar-refractivity contribution in [3.8, 4) is 0 Å². The molecule has 1 unspecified atom stereocenters. The van der Waals surface area contributed by atoms with Gasteiger partial charge in [0, 0.05) is 30.2 Å². The standard InChI is InChI=1S/C15H23N3O/c1-3-12-7-5-4-6-8-18(12)15(19)13-10-17-11(2)9-14(13)16/h9-10,12H,3-8H2,1-2H3,(H2,16,17). The van der Waals surface area contributed by atoms with Crippen molar-refractivity contribution in [1.82, 2.24) is 9.88 Å². The third-order valence-corrected chi connectivity index (χ3v) is 3.91. The summed E-state index contributed by atoms with van der Waals surface area (Å²) in [6.07, 6.45) is 7.23. The molecule has 0 bridgehead atoms. The summed E-state index contributed by atoms with van der Waals surface area (Å²) in [7, 11) is 0. The van der Waals surface area contributed by atoms with Crippen LogP contribution in [0.3, 0.4) is 0 Å². The van der Waals surface area contributed by atoms with Crippen LogP contribution in [-0.4, -0.2) is 28.4 Å². The summed E-state index contributed by atoms with van der Waals surface area (Å²) in [6.45, 7) is 4.86. The zero-order valence-corrected chi connectivity index (χ0v) is 11.9. The van der Waals surface area contributed by atoms with E-state index in [2.05, 4.69) is 11.9 Å². The number of nitrogens with zero attached hydrogens (tertiary/aromatic N) is 2. The minimum atomic E-state index is 0.0405. The Morgan fingerprint density at radius 3 is 2.95 bits per heavy atom. The quantitative estimate of drug-likeness (QED) is 0.890. The van der Waals surface area contributed by atoms with E-state index >= 15 is 0 Å². The van der Waals surface area contributed by atoms with E-state index in [9.17, 15) is 4.79 Å². The van der Waals surface area contributed by atoms with Crippen molar-refractivity contribution in [2.75, 3.05) is 12.3 Å².